The Bertz CT molecular complexity index is 1130. The smallest absolute Gasteiger partial charge is 0.160 e. The first-order valence-electron chi connectivity index (χ1n) is 12.1. The van der Waals surface area contributed by atoms with Crippen LogP contribution in [0, 0.1) is 19.8 Å². The summed E-state index contributed by atoms with van der Waals surface area (Å²) < 4.78 is 16.7. The molecule has 0 bridgehead atoms. The average molecular weight is 483 g/mol. The molecule has 0 saturated carbocycles. The first-order valence-corrected chi connectivity index (χ1v) is 12.1. The minimum Gasteiger partial charge on any atom is -0.491 e. The summed E-state index contributed by atoms with van der Waals surface area (Å²) >= 11 is 0. The highest BCUT2D eigenvalue weighted by atomic mass is 16.5. The zero-order valence-electron chi connectivity index (χ0n) is 20.6. The summed E-state index contributed by atoms with van der Waals surface area (Å²) in [5.74, 6) is 2.29. The molecule has 9 nitrogen and oxygen atoms in total. The standard InChI is InChI=1S/C26H34N4O5/c1-16-22(11-18-7-9-33-10-8-18)28-26(29-25(16)24-17(2)35-30-23(24)14-31)19-5-4-6-21(12-19)34-15-20(32)13-27-3/h4-6,12,18,20,27,31-32H,7-11,13-15H2,1-3H3. The number of rotatable bonds is 10. The van der Waals surface area contributed by atoms with Crippen molar-refractivity contribution in [3.63, 3.8) is 0 Å². The van der Waals surface area contributed by atoms with Gasteiger partial charge in [-0.3, -0.25) is 0 Å². The third kappa shape index (κ3) is 6.05. The zero-order chi connectivity index (χ0) is 24.8. The van der Waals surface area contributed by atoms with Crippen molar-refractivity contribution in [3.8, 4) is 28.4 Å². The van der Waals surface area contributed by atoms with Gasteiger partial charge in [-0.2, -0.15) is 0 Å². The van der Waals surface area contributed by atoms with Gasteiger partial charge in [0.25, 0.3) is 0 Å². The predicted octanol–water partition coefficient (Wildman–Crippen LogP) is 2.84. The molecule has 1 aliphatic heterocycles. The van der Waals surface area contributed by atoms with E-state index in [-0.39, 0.29) is 13.2 Å². The van der Waals surface area contributed by atoms with Gasteiger partial charge in [0.15, 0.2) is 5.82 Å². The number of ether oxygens (including phenoxy) is 2. The highest BCUT2D eigenvalue weighted by Crippen LogP contribution is 2.34. The monoisotopic (exact) mass is 482 g/mol. The number of nitrogens with zero attached hydrogens (tertiary/aromatic N) is 3. The molecule has 3 aromatic rings. The molecule has 3 N–H and O–H groups in total. The van der Waals surface area contributed by atoms with Crippen LogP contribution in [0.15, 0.2) is 28.8 Å². The first kappa shape index (κ1) is 25.2. The first-order chi connectivity index (χ1) is 17.0. The number of aliphatic hydroxyl groups is 2. The largest absolute Gasteiger partial charge is 0.491 e. The molecular formula is C26H34N4O5. The third-order valence-electron chi connectivity index (χ3n) is 6.36. The van der Waals surface area contributed by atoms with Crippen LogP contribution in [0.2, 0.25) is 0 Å². The van der Waals surface area contributed by atoms with E-state index in [1.54, 1.807) is 7.05 Å². The Labute approximate surface area is 205 Å². The van der Waals surface area contributed by atoms with Crippen molar-refractivity contribution in [1.29, 1.82) is 0 Å². The predicted molar refractivity (Wildman–Crippen MR) is 131 cm³/mol. The molecule has 1 atom stereocenters. The van der Waals surface area contributed by atoms with Crippen LogP contribution in [0.5, 0.6) is 5.75 Å². The van der Waals surface area contributed by atoms with E-state index in [1.165, 1.54) is 0 Å². The zero-order valence-corrected chi connectivity index (χ0v) is 20.6. The summed E-state index contributed by atoms with van der Waals surface area (Å²) in [6.07, 6.45) is 2.22. The molecule has 9 heteroatoms. The molecule has 0 radical (unpaired) electrons. The molecule has 3 heterocycles. The van der Waals surface area contributed by atoms with Crippen LogP contribution >= 0.6 is 0 Å². The highest BCUT2D eigenvalue weighted by molar-refractivity contribution is 5.71. The van der Waals surface area contributed by atoms with Crippen molar-refractivity contribution in [2.24, 2.45) is 5.92 Å². The second-order valence-corrected chi connectivity index (χ2v) is 9.00. The fourth-order valence-electron chi connectivity index (χ4n) is 4.40. The van der Waals surface area contributed by atoms with E-state index in [4.69, 9.17) is 24.0 Å². The van der Waals surface area contributed by atoms with E-state index in [2.05, 4.69) is 10.5 Å². The van der Waals surface area contributed by atoms with Crippen LogP contribution in [-0.2, 0) is 17.8 Å². The number of hydrogen-bond donors (Lipinski definition) is 3. The van der Waals surface area contributed by atoms with Gasteiger partial charge in [-0.25, -0.2) is 9.97 Å². The highest BCUT2D eigenvalue weighted by Gasteiger charge is 2.24. The number of aryl methyl sites for hydroxylation is 1. The van der Waals surface area contributed by atoms with Crippen LogP contribution in [-0.4, -0.2) is 64.9 Å². The lowest BCUT2D eigenvalue weighted by molar-refractivity contribution is 0.0662. The van der Waals surface area contributed by atoms with Gasteiger partial charge in [0.05, 0.1) is 17.9 Å². The summed E-state index contributed by atoms with van der Waals surface area (Å²) in [5.41, 5.74) is 4.63. The molecule has 4 rings (SSSR count). The van der Waals surface area contributed by atoms with E-state index < -0.39 is 6.10 Å². The Balaban J connectivity index is 1.73. The summed E-state index contributed by atoms with van der Waals surface area (Å²) in [6.45, 7) is 5.78. The minimum absolute atomic E-state index is 0.180. The second-order valence-electron chi connectivity index (χ2n) is 9.00. The SMILES string of the molecule is CNCC(O)COc1cccc(-c2nc(CC3CCOCC3)c(C)c(-c3c(CO)noc3C)n2)c1. The van der Waals surface area contributed by atoms with Gasteiger partial charge >= 0.3 is 0 Å². The molecule has 1 aromatic carbocycles. The molecule has 1 saturated heterocycles. The Kier molecular flexibility index (Phi) is 8.46. The number of benzene rings is 1. The number of hydrogen-bond acceptors (Lipinski definition) is 9. The quantitative estimate of drug-likeness (QED) is 0.400. The maximum absolute atomic E-state index is 9.98. The Hall–Kier alpha value is -2.85. The minimum atomic E-state index is -0.606. The Morgan fingerprint density at radius 2 is 1.97 bits per heavy atom. The topological polar surface area (TPSA) is 123 Å². The van der Waals surface area contributed by atoms with Gasteiger partial charge < -0.3 is 29.5 Å². The average Bonchev–Trinajstić information content (AvgIpc) is 3.25. The van der Waals surface area contributed by atoms with Gasteiger partial charge in [-0.1, -0.05) is 17.3 Å². The summed E-state index contributed by atoms with van der Waals surface area (Å²) in [5, 5.41) is 26.8. The Morgan fingerprint density at radius 3 is 2.71 bits per heavy atom. The summed E-state index contributed by atoms with van der Waals surface area (Å²) in [4.78, 5) is 9.89. The third-order valence-corrected chi connectivity index (χ3v) is 6.36. The lowest BCUT2D eigenvalue weighted by Gasteiger charge is -2.23. The molecule has 1 aliphatic rings. The van der Waals surface area contributed by atoms with Crippen LogP contribution < -0.4 is 10.1 Å². The van der Waals surface area contributed by atoms with E-state index >= 15 is 0 Å². The van der Waals surface area contributed by atoms with Gasteiger partial charge in [-0.15, -0.1) is 0 Å². The maximum atomic E-state index is 9.98. The van der Waals surface area contributed by atoms with Gasteiger partial charge in [0, 0.05) is 31.0 Å². The van der Waals surface area contributed by atoms with Crippen LogP contribution in [0.4, 0.5) is 0 Å². The molecule has 1 fully saturated rings. The lowest BCUT2D eigenvalue weighted by Crippen LogP contribution is -2.29. The van der Waals surface area contributed by atoms with Gasteiger partial charge in [0.2, 0.25) is 0 Å². The van der Waals surface area contributed by atoms with Crippen molar-refractivity contribution in [2.45, 2.75) is 45.8 Å². The van der Waals surface area contributed by atoms with E-state index in [9.17, 15) is 10.2 Å². The molecule has 188 valence electrons. The Morgan fingerprint density at radius 1 is 1.17 bits per heavy atom. The number of likely N-dealkylation sites (N-methyl/N-ethyl adjacent to an activating group) is 1. The van der Waals surface area contributed by atoms with Crippen molar-refractivity contribution >= 4 is 0 Å². The van der Waals surface area contributed by atoms with E-state index in [0.717, 1.165) is 55.0 Å². The van der Waals surface area contributed by atoms with Crippen molar-refractivity contribution in [2.75, 3.05) is 33.4 Å². The number of aliphatic hydroxyl groups excluding tert-OH is 2. The van der Waals surface area contributed by atoms with Crippen LogP contribution in [0.1, 0.15) is 35.6 Å². The van der Waals surface area contributed by atoms with Crippen molar-refractivity contribution in [1.82, 2.24) is 20.4 Å². The summed E-state index contributed by atoms with van der Waals surface area (Å²) in [7, 11) is 1.79. The molecule has 2 aromatic heterocycles. The maximum Gasteiger partial charge on any atom is 0.160 e. The molecule has 1 unspecified atom stereocenters. The summed E-state index contributed by atoms with van der Waals surface area (Å²) in [6, 6.07) is 7.56. The van der Waals surface area contributed by atoms with E-state index in [1.807, 2.05) is 38.1 Å². The van der Waals surface area contributed by atoms with Gasteiger partial charge in [0.1, 0.15) is 29.9 Å². The number of nitrogens with one attached hydrogen (secondary N) is 1. The fraction of sp³-hybridized carbons (Fsp3) is 0.500. The normalized spacial score (nSPS) is 15.3. The molecule has 0 spiro atoms. The van der Waals surface area contributed by atoms with E-state index in [0.29, 0.717) is 41.1 Å². The number of aromatic nitrogens is 3. The molecule has 35 heavy (non-hydrogen) atoms. The van der Waals surface area contributed by atoms with Crippen LogP contribution in [0.3, 0.4) is 0 Å². The molecule has 0 amide bonds. The van der Waals surface area contributed by atoms with Crippen molar-refractivity contribution < 1.29 is 24.2 Å². The fourth-order valence-corrected chi connectivity index (χ4v) is 4.40. The van der Waals surface area contributed by atoms with Crippen molar-refractivity contribution in [3.05, 3.63) is 47.0 Å². The second kappa shape index (κ2) is 11.7. The van der Waals surface area contributed by atoms with Gasteiger partial charge in [-0.05, 0) is 63.8 Å². The molecular weight excluding hydrogens is 448 g/mol. The molecule has 0 aliphatic carbocycles. The van der Waals surface area contributed by atoms with Crippen LogP contribution in [0.25, 0.3) is 22.6 Å². The lowest BCUT2D eigenvalue weighted by atomic mass is 9.92.